The highest BCUT2D eigenvalue weighted by Gasteiger charge is 2.31. The van der Waals surface area contributed by atoms with Gasteiger partial charge in [-0.15, -0.1) is 20.4 Å². The van der Waals surface area contributed by atoms with Crippen LogP contribution >= 0.6 is 23.2 Å². The van der Waals surface area contributed by atoms with Crippen molar-refractivity contribution in [3.8, 4) is 11.8 Å². The number of alkyl halides is 6. The van der Waals surface area contributed by atoms with Crippen molar-refractivity contribution in [1.82, 2.24) is 20.4 Å². The van der Waals surface area contributed by atoms with Crippen molar-refractivity contribution in [3.05, 3.63) is 129 Å². The van der Waals surface area contributed by atoms with Gasteiger partial charge in [0.25, 0.3) is 0 Å². The lowest BCUT2D eigenvalue weighted by atomic mass is 9.99. The molecule has 52 heavy (non-hydrogen) atoms. The summed E-state index contributed by atoms with van der Waals surface area (Å²) in [4.78, 5) is 25.0. The molecule has 6 aromatic rings. The number of ketones is 2. The Labute approximate surface area is 301 Å². The van der Waals surface area contributed by atoms with Crippen LogP contribution in [0.3, 0.4) is 0 Å². The summed E-state index contributed by atoms with van der Waals surface area (Å²) < 4.78 is 87.0. The number of methoxy groups -OCH3 is 2. The Bertz CT molecular complexity index is 2300. The molecule has 4 aromatic carbocycles. The number of benzene rings is 4. The summed E-state index contributed by atoms with van der Waals surface area (Å²) in [5, 5.41) is 17.5. The fourth-order valence-electron chi connectivity index (χ4n) is 5.14. The van der Waals surface area contributed by atoms with Crippen LogP contribution in [0, 0.1) is 0 Å². The number of aromatic nitrogens is 4. The Morgan fingerprint density at radius 3 is 1.44 bits per heavy atom. The number of fused-ring (bicyclic) bond motifs is 2. The number of carbonyl (C=O) groups is 2. The molecule has 16 heteroatoms. The van der Waals surface area contributed by atoms with Gasteiger partial charge in [-0.1, -0.05) is 77.8 Å². The number of hydrogen-bond acceptors (Lipinski definition) is 8. The average molecular weight is 762 g/mol. The quantitative estimate of drug-likeness (QED) is 0.112. The minimum Gasteiger partial charge on any atom is -0.479 e. The number of carbonyl (C=O) groups excluding carboxylic acids is 2. The van der Waals surface area contributed by atoms with Crippen LogP contribution in [0.25, 0.3) is 21.5 Å². The van der Waals surface area contributed by atoms with E-state index < -0.39 is 23.5 Å². The van der Waals surface area contributed by atoms with Crippen molar-refractivity contribution < 1.29 is 45.4 Å². The number of halogens is 8. The standard InChI is InChI=1S/2C18H12ClF3N2O2/c1-26-17-13-6-5-11(9-14(13)16(19)23-24-17)15(25)8-10-3-2-4-12(7-10)18(20,21)22;1-26-17-14-9-11(5-6-13(14)16(19)23-24-17)15(25)8-10-3-2-4-12(7-10)18(20,21)22/h2*2-7,9H,8H2,1H3. The van der Waals surface area contributed by atoms with Crippen LogP contribution in [0.1, 0.15) is 43.0 Å². The van der Waals surface area contributed by atoms with Gasteiger partial charge in [-0.3, -0.25) is 9.59 Å². The lowest BCUT2D eigenvalue weighted by Gasteiger charge is -2.09. The van der Waals surface area contributed by atoms with E-state index in [1.165, 1.54) is 44.6 Å². The number of rotatable bonds is 8. The Morgan fingerprint density at radius 2 is 0.981 bits per heavy atom. The maximum absolute atomic E-state index is 12.8. The lowest BCUT2D eigenvalue weighted by Crippen LogP contribution is -2.08. The van der Waals surface area contributed by atoms with E-state index in [0.29, 0.717) is 32.7 Å². The van der Waals surface area contributed by atoms with Gasteiger partial charge in [0.05, 0.1) is 25.3 Å². The molecule has 2 heterocycles. The molecule has 0 aliphatic heterocycles. The first-order chi connectivity index (χ1) is 24.6. The van der Waals surface area contributed by atoms with Crippen molar-refractivity contribution in [2.24, 2.45) is 0 Å². The molecule has 0 amide bonds. The van der Waals surface area contributed by atoms with Crippen LogP contribution in [-0.4, -0.2) is 46.2 Å². The molecule has 0 atom stereocenters. The van der Waals surface area contributed by atoms with E-state index >= 15 is 0 Å². The Balaban J connectivity index is 0.000000201. The summed E-state index contributed by atoms with van der Waals surface area (Å²) in [5.41, 5.74) is -0.386. The molecule has 0 aliphatic rings. The zero-order chi connectivity index (χ0) is 37.8. The van der Waals surface area contributed by atoms with Gasteiger partial charge < -0.3 is 9.47 Å². The lowest BCUT2D eigenvalue weighted by molar-refractivity contribution is -0.138. The van der Waals surface area contributed by atoms with E-state index in [1.807, 2.05) is 0 Å². The molecule has 0 bridgehead atoms. The van der Waals surface area contributed by atoms with Gasteiger partial charge in [-0.25, -0.2) is 0 Å². The largest absolute Gasteiger partial charge is 0.479 e. The van der Waals surface area contributed by atoms with Gasteiger partial charge in [-0.2, -0.15) is 26.3 Å². The molecule has 0 saturated heterocycles. The van der Waals surface area contributed by atoms with E-state index in [4.69, 9.17) is 32.7 Å². The maximum atomic E-state index is 12.8. The second kappa shape index (κ2) is 15.5. The van der Waals surface area contributed by atoms with E-state index in [0.717, 1.165) is 24.3 Å². The molecular weight excluding hydrogens is 737 g/mol. The molecule has 0 radical (unpaired) electrons. The molecule has 0 N–H and O–H groups in total. The van der Waals surface area contributed by atoms with E-state index in [1.54, 1.807) is 30.3 Å². The second-order valence-corrected chi connectivity index (χ2v) is 11.8. The van der Waals surface area contributed by atoms with Crippen LogP contribution in [0.2, 0.25) is 10.3 Å². The summed E-state index contributed by atoms with van der Waals surface area (Å²) in [5.74, 6) is -0.196. The Hall–Kier alpha value is -5.34. The van der Waals surface area contributed by atoms with Crippen molar-refractivity contribution in [1.29, 1.82) is 0 Å². The third kappa shape index (κ3) is 8.75. The van der Waals surface area contributed by atoms with Crippen molar-refractivity contribution in [2.75, 3.05) is 14.2 Å². The summed E-state index contributed by atoms with van der Waals surface area (Å²) in [6.07, 6.45) is -9.23. The maximum Gasteiger partial charge on any atom is 0.416 e. The van der Waals surface area contributed by atoms with Crippen LogP contribution in [0.5, 0.6) is 11.8 Å². The summed E-state index contributed by atoms with van der Waals surface area (Å²) >= 11 is 12.0. The first kappa shape index (κ1) is 37.9. The van der Waals surface area contributed by atoms with Crippen LogP contribution < -0.4 is 9.47 Å². The monoisotopic (exact) mass is 760 g/mol. The van der Waals surface area contributed by atoms with E-state index in [2.05, 4.69) is 20.4 Å². The summed E-state index contributed by atoms with van der Waals surface area (Å²) in [6.45, 7) is 0. The predicted molar refractivity (Wildman–Crippen MR) is 181 cm³/mol. The third-order valence-corrected chi connectivity index (χ3v) is 8.23. The Morgan fingerprint density at radius 1 is 0.558 bits per heavy atom. The highest BCUT2D eigenvalue weighted by molar-refractivity contribution is 6.35. The van der Waals surface area contributed by atoms with Crippen LogP contribution in [0.15, 0.2) is 84.9 Å². The van der Waals surface area contributed by atoms with E-state index in [9.17, 15) is 35.9 Å². The van der Waals surface area contributed by atoms with Gasteiger partial charge in [-0.05, 0) is 41.5 Å². The topological polar surface area (TPSA) is 104 Å². The zero-order valence-corrected chi connectivity index (χ0v) is 28.5. The predicted octanol–water partition coefficient (Wildman–Crippen LogP) is 9.47. The van der Waals surface area contributed by atoms with Crippen molar-refractivity contribution in [2.45, 2.75) is 25.2 Å². The molecule has 0 fully saturated rings. The highest BCUT2D eigenvalue weighted by Crippen LogP contribution is 2.33. The van der Waals surface area contributed by atoms with Crippen LogP contribution in [-0.2, 0) is 25.2 Å². The minimum atomic E-state index is -4.45. The van der Waals surface area contributed by atoms with Gasteiger partial charge in [0.2, 0.25) is 11.8 Å². The first-order valence-electron chi connectivity index (χ1n) is 15.0. The third-order valence-electron chi connectivity index (χ3n) is 7.67. The van der Waals surface area contributed by atoms with Gasteiger partial charge in [0.1, 0.15) is 0 Å². The average Bonchev–Trinajstić information content (AvgIpc) is 3.11. The summed E-state index contributed by atoms with van der Waals surface area (Å²) in [6, 6.07) is 18.8. The summed E-state index contributed by atoms with van der Waals surface area (Å²) in [7, 11) is 2.85. The number of ether oxygens (including phenoxy) is 2. The van der Waals surface area contributed by atoms with Crippen molar-refractivity contribution in [3.63, 3.8) is 0 Å². The second-order valence-electron chi connectivity index (χ2n) is 11.1. The van der Waals surface area contributed by atoms with Crippen molar-refractivity contribution >= 4 is 56.3 Å². The minimum absolute atomic E-state index is 0.106. The number of Topliss-reactive ketones (excluding diaryl/α,β-unsaturated/α-hetero) is 2. The molecule has 0 unspecified atom stereocenters. The Kier molecular flexibility index (Phi) is 11.3. The fourth-order valence-corrected chi connectivity index (χ4v) is 5.53. The number of hydrogen-bond donors (Lipinski definition) is 0. The normalized spacial score (nSPS) is 11.6. The first-order valence-corrected chi connectivity index (χ1v) is 15.7. The smallest absolute Gasteiger partial charge is 0.416 e. The van der Waals surface area contributed by atoms with Crippen LogP contribution in [0.4, 0.5) is 26.3 Å². The molecule has 0 aliphatic carbocycles. The van der Waals surface area contributed by atoms with E-state index in [-0.39, 0.29) is 57.6 Å². The molecule has 8 nitrogen and oxygen atoms in total. The molecule has 2 aromatic heterocycles. The molecule has 0 saturated carbocycles. The molecule has 268 valence electrons. The molecule has 6 rings (SSSR count). The van der Waals surface area contributed by atoms with Gasteiger partial charge in [0, 0.05) is 45.5 Å². The van der Waals surface area contributed by atoms with Gasteiger partial charge >= 0.3 is 12.4 Å². The fraction of sp³-hybridized carbons (Fsp3) is 0.167. The zero-order valence-electron chi connectivity index (χ0n) is 26.9. The molecular formula is C36H24Cl2F6N4O4. The van der Waals surface area contributed by atoms with Gasteiger partial charge in [0.15, 0.2) is 21.9 Å². The number of nitrogens with zero attached hydrogens (tertiary/aromatic N) is 4. The SMILES string of the molecule is COc1nnc(Cl)c2cc(C(=O)Cc3cccc(C(F)(F)F)c3)ccc12.COc1nnc(Cl)c2ccc(C(=O)Cc3cccc(C(F)(F)F)c3)cc12. The highest BCUT2D eigenvalue weighted by atomic mass is 35.5. The molecule has 0 spiro atoms.